The van der Waals surface area contributed by atoms with E-state index in [9.17, 15) is 14.7 Å². The molecular formula is C29H30N2O4. The van der Waals surface area contributed by atoms with E-state index < -0.39 is 17.7 Å². The molecule has 1 atom stereocenters. The lowest BCUT2D eigenvalue weighted by Gasteiger charge is -2.29. The van der Waals surface area contributed by atoms with Crippen LogP contribution in [0.2, 0.25) is 0 Å². The van der Waals surface area contributed by atoms with Crippen LogP contribution in [-0.4, -0.2) is 29.9 Å². The van der Waals surface area contributed by atoms with Crippen LogP contribution in [0.25, 0.3) is 5.76 Å². The number of carbonyl (C=O) groups excluding carboxylic acids is 2. The van der Waals surface area contributed by atoms with Gasteiger partial charge in [-0.15, -0.1) is 0 Å². The minimum absolute atomic E-state index is 0.0349. The number of hydrogen-bond acceptors (Lipinski definition) is 5. The zero-order valence-corrected chi connectivity index (χ0v) is 20.4. The molecule has 1 amide bonds. The first-order chi connectivity index (χ1) is 16.8. The zero-order chi connectivity index (χ0) is 24.7. The van der Waals surface area contributed by atoms with Gasteiger partial charge in [0.1, 0.15) is 23.3 Å². The standard InChI is InChI=1S/C29H30N2O4/c1-18-7-9-21(17-19(18)2)27(32)25-26(24-14-8-20(3)35-24)31(29(34)28(25)33)23-12-10-22(11-13-23)30-15-5-4-6-16-30/h7-14,17,26,32H,4-6,15-16H2,1-3H3/b27-25-. The Morgan fingerprint density at radius 2 is 1.54 bits per heavy atom. The van der Waals surface area contributed by atoms with Gasteiger partial charge < -0.3 is 14.4 Å². The first-order valence-corrected chi connectivity index (χ1v) is 12.1. The summed E-state index contributed by atoms with van der Waals surface area (Å²) in [6.07, 6.45) is 3.60. The summed E-state index contributed by atoms with van der Waals surface area (Å²) in [6.45, 7) is 7.78. The van der Waals surface area contributed by atoms with Crippen LogP contribution >= 0.6 is 0 Å². The Morgan fingerprint density at radius 1 is 0.857 bits per heavy atom. The van der Waals surface area contributed by atoms with E-state index in [1.807, 2.05) is 57.2 Å². The summed E-state index contributed by atoms with van der Waals surface area (Å²) in [5.41, 5.74) is 4.29. The fraction of sp³-hybridized carbons (Fsp3) is 0.310. The van der Waals surface area contributed by atoms with Crippen molar-refractivity contribution >= 4 is 28.8 Å². The van der Waals surface area contributed by atoms with E-state index in [0.717, 1.165) is 29.9 Å². The Morgan fingerprint density at radius 3 is 2.17 bits per heavy atom. The molecule has 6 heteroatoms. The molecule has 0 bridgehead atoms. The summed E-state index contributed by atoms with van der Waals surface area (Å²) in [7, 11) is 0. The molecule has 3 aromatic rings. The Bertz CT molecular complexity index is 1310. The Hall–Kier alpha value is -3.80. The number of Topliss-reactive ketones (excluding diaryl/α,β-unsaturated/α-hetero) is 1. The fourth-order valence-corrected chi connectivity index (χ4v) is 4.99. The Labute approximate surface area is 205 Å². The number of furan rings is 1. The third-order valence-corrected chi connectivity index (χ3v) is 7.10. The Balaban J connectivity index is 1.60. The van der Waals surface area contributed by atoms with Crippen LogP contribution in [0.1, 0.15) is 53.5 Å². The van der Waals surface area contributed by atoms with E-state index in [-0.39, 0.29) is 11.3 Å². The SMILES string of the molecule is Cc1ccc(C2/C(=C(/O)c3ccc(C)c(C)c3)C(=O)C(=O)N2c2ccc(N3CCCCC3)cc2)o1. The van der Waals surface area contributed by atoms with Crippen molar-refractivity contribution in [3.05, 3.63) is 88.4 Å². The average Bonchev–Trinajstić information content (AvgIpc) is 3.41. The predicted molar refractivity (Wildman–Crippen MR) is 137 cm³/mol. The molecular weight excluding hydrogens is 440 g/mol. The third kappa shape index (κ3) is 4.14. The highest BCUT2D eigenvalue weighted by molar-refractivity contribution is 6.51. The Kier molecular flexibility index (Phi) is 5.97. The van der Waals surface area contributed by atoms with Crippen molar-refractivity contribution in [2.75, 3.05) is 22.9 Å². The molecule has 2 saturated heterocycles. The molecule has 0 radical (unpaired) electrons. The molecule has 2 aromatic carbocycles. The molecule has 0 aliphatic carbocycles. The molecule has 1 unspecified atom stereocenters. The van der Waals surface area contributed by atoms with Gasteiger partial charge in [-0.2, -0.15) is 0 Å². The van der Waals surface area contributed by atoms with Crippen molar-refractivity contribution in [3.63, 3.8) is 0 Å². The summed E-state index contributed by atoms with van der Waals surface area (Å²) in [4.78, 5) is 30.4. The van der Waals surface area contributed by atoms with Crippen LogP contribution in [0.15, 0.2) is 64.6 Å². The molecule has 1 aromatic heterocycles. The second kappa shape index (κ2) is 9.10. The summed E-state index contributed by atoms with van der Waals surface area (Å²) in [5, 5.41) is 11.3. The number of nitrogens with zero attached hydrogens (tertiary/aromatic N) is 2. The number of rotatable bonds is 4. The summed E-state index contributed by atoms with van der Waals surface area (Å²) >= 11 is 0. The number of aliphatic hydroxyl groups excluding tert-OH is 1. The van der Waals surface area contributed by atoms with Gasteiger partial charge in [0, 0.05) is 30.0 Å². The van der Waals surface area contributed by atoms with E-state index in [4.69, 9.17) is 4.42 Å². The van der Waals surface area contributed by atoms with Crippen molar-refractivity contribution in [3.8, 4) is 0 Å². The van der Waals surface area contributed by atoms with Gasteiger partial charge >= 0.3 is 0 Å². The smallest absolute Gasteiger partial charge is 0.300 e. The quantitative estimate of drug-likeness (QED) is 0.295. The van der Waals surface area contributed by atoms with Gasteiger partial charge in [-0.3, -0.25) is 14.5 Å². The molecule has 0 saturated carbocycles. The number of carbonyl (C=O) groups is 2. The van der Waals surface area contributed by atoms with Crippen molar-refractivity contribution in [2.24, 2.45) is 0 Å². The van der Waals surface area contributed by atoms with Crippen molar-refractivity contribution in [1.29, 1.82) is 0 Å². The number of hydrogen-bond donors (Lipinski definition) is 1. The average molecular weight is 471 g/mol. The maximum absolute atomic E-state index is 13.3. The third-order valence-electron chi connectivity index (χ3n) is 7.10. The largest absolute Gasteiger partial charge is 0.507 e. The number of anilines is 2. The lowest BCUT2D eigenvalue weighted by molar-refractivity contribution is -0.132. The summed E-state index contributed by atoms with van der Waals surface area (Å²) < 4.78 is 5.89. The van der Waals surface area contributed by atoms with Crippen LogP contribution in [0.5, 0.6) is 0 Å². The summed E-state index contributed by atoms with van der Waals surface area (Å²) in [5.74, 6) is -0.498. The van der Waals surface area contributed by atoms with Gasteiger partial charge in [-0.25, -0.2) is 0 Å². The number of amides is 1. The van der Waals surface area contributed by atoms with Crippen molar-refractivity contribution < 1.29 is 19.1 Å². The number of aliphatic hydroxyl groups is 1. The number of benzene rings is 2. The number of aryl methyl sites for hydroxylation is 3. The highest BCUT2D eigenvalue weighted by Gasteiger charge is 2.48. The topological polar surface area (TPSA) is 74.0 Å². The van der Waals surface area contributed by atoms with Crippen LogP contribution in [-0.2, 0) is 9.59 Å². The highest BCUT2D eigenvalue weighted by Crippen LogP contribution is 2.43. The second-order valence-electron chi connectivity index (χ2n) is 9.48. The molecule has 2 aliphatic heterocycles. The van der Waals surface area contributed by atoms with Crippen LogP contribution < -0.4 is 9.80 Å². The van der Waals surface area contributed by atoms with E-state index in [1.54, 1.807) is 18.2 Å². The first kappa shape index (κ1) is 23.0. The molecule has 0 spiro atoms. The van der Waals surface area contributed by atoms with E-state index in [1.165, 1.54) is 24.2 Å². The lowest BCUT2D eigenvalue weighted by atomic mass is 9.97. The van der Waals surface area contributed by atoms with Crippen LogP contribution in [0, 0.1) is 20.8 Å². The molecule has 35 heavy (non-hydrogen) atoms. The normalized spacial score (nSPS) is 20.0. The zero-order valence-electron chi connectivity index (χ0n) is 20.4. The minimum atomic E-state index is -0.855. The van der Waals surface area contributed by atoms with E-state index in [2.05, 4.69) is 4.90 Å². The molecule has 2 aliphatic rings. The summed E-state index contributed by atoms with van der Waals surface area (Å²) in [6, 6.07) is 15.9. The van der Waals surface area contributed by atoms with Crippen LogP contribution in [0.4, 0.5) is 11.4 Å². The number of ketones is 1. The van der Waals surface area contributed by atoms with Crippen LogP contribution in [0.3, 0.4) is 0 Å². The highest BCUT2D eigenvalue weighted by atomic mass is 16.3. The van der Waals surface area contributed by atoms with Gasteiger partial charge in [-0.05, 0) is 93.6 Å². The second-order valence-corrected chi connectivity index (χ2v) is 9.48. The van der Waals surface area contributed by atoms with Crippen molar-refractivity contribution in [2.45, 2.75) is 46.1 Å². The maximum Gasteiger partial charge on any atom is 0.300 e. The molecule has 5 rings (SSSR count). The molecule has 3 heterocycles. The predicted octanol–water partition coefficient (Wildman–Crippen LogP) is 5.82. The molecule has 2 fully saturated rings. The number of piperidine rings is 1. The van der Waals surface area contributed by atoms with Gasteiger partial charge in [-0.1, -0.05) is 12.1 Å². The fourth-order valence-electron chi connectivity index (χ4n) is 4.99. The van der Waals surface area contributed by atoms with Gasteiger partial charge in [0.25, 0.3) is 11.7 Å². The lowest BCUT2D eigenvalue weighted by Crippen LogP contribution is -2.30. The monoisotopic (exact) mass is 470 g/mol. The van der Waals surface area contributed by atoms with E-state index >= 15 is 0 Å². The molecule has 6 nitrogen and oxygen atoms in total. The van der Waals surface area contributed by atoms with Gasteiger partial charge in [0.15, 0.2) is 0 Å². The maximum atomic E-state index is 13.3. The van der Waals surface area contributed by atoms with Gasteiger partial charge in [0.05, 0.1) is 5.57 Å². The molecule has 180 valence electrons. The minimum Gasteiger partial charge on any atom is -0.507 e. The van der Waals surface area contributed by atoms with Gasteiger partial charge in [0.2, 0.25) is 0 Å². The van der Waals surface area contributed by atoms with Crippen molar-refractivity contribution in [1.82, 2.24) is 0 Å². The van der Waals surface area contributed by atoms with E-state index in [0.29, 0.717) is 22.8 Å². The first-order valence-electron chi connectivity index (χ1n) is 12.1. The molecule has 1 N–H and O–H groups in total.